The lowest BCUT2D eigenvalue weighted by Gasteiger charge is -2.13. The number of halogens is 2. The minimum absolute atomic E-state index is 0.249. The van der Waals surface area contributed by atoms with Crippen LogP contribution in [0.3, 0.4) is 0 Å². The first-order chi connectivity index (χ1) is 14.3. The van der Waals surface area contributed by atoms with Crippen LogP contribution in [0.1, 0.15) is 30.0 Å². The van der Waals surface area contributed by atoms with Crippen LogP contribution in [0.2, 0.25) is 5.02 Å². The molecule has 152 valence electrons. The molecule has 0 spiro atoms. The molecule has 3 nitrogen and oxygen atoms in total. The maximum absolute atomic E-state index is 13.1. The first kappa shape index (κ1) is 20.5. The normalized spacial score (nSPS) is 12.0. The topological polar surface area (TPSA) is 38.0 Å². The maximum Gasteiger partial charge on any atom is 0.123 e. The first-order valence-electron chi connectivity index (χ1n) is 9.43. The van der Waals surface area contributed by atoms with Gasteiger partial charge in [-0.15, -0.1) is 11.3 Å². The van der Waals surface area contributed by atoms with Crippen LogP contribution >= 0.6 is 22.9 Å². The Balaban J connectivity index is 1.73. The summed E-state index contributed by atoms with van der Waals surface area (Å²) in [5.41, 5.74) is 2.02. The molecule has 2 heterocycles. The van der Waals surface area contributed by atoms with E-state index in [4.69, 9.17) is 11.6 Å². The highest BCUT2D eigenvalue weighted by Crippen LogP contribution is 2.35. The third-order valence-electron chi connectivity index (χ3n) is 4.61. The van der Waals surface area contributed by atoms with Crippen molar-refractivity contribution in [3.05, 3.63) is 93.7 Å². The lowest BCUT2D eigenvalue weighted by Crippen LogP contribution is -2.16. The molecule has 2 aromatic heterocycles. The number of hydrogen-bond donors (Lipinski definition) is 1. The van der Waals surface area contributed by atoms with Gasteiger partial charge in [0.05, 0.1) is 27.0 Å². The second-order valence-electron chi connectivity index (χ2n) is 7.42. The van der Waals surface area contributed by atoms with Crippen molar-refractivity contribution in [2.75, 3.05) is 0 Å². The van der Waals surface area contributed by atoms with Gasteiger partial charge in [0.2, 0.25) is 0 Å². The van der Waals surface area contributed by atoms with E-state index in [0.717, 1.165) is 26.7 Å². The number of rotatable bonds is 5. The third kappa shape index (κ3) is 4.38. The lowest BCUT2D eigenvalue weighted by molar-refractivity contribution is 0.0734. The number of thiophene rings is 1. The second kappa shape index (κ2) is 8.19. The summed E-state index contributed by atoms with van der Waals surface area (Å²) in [6.45, 7) is 3.42. The van der Waals surface area contributed by atoms with Crippen LogP contribution in [0, 0.1) is 5.82 Å². The monoisotopic (exact) mass is 438 g/mol. The van der Waals surface area contributed by atoms with Crippen molar-refractivity contribution in [1.82, 2.24) is 9.78 Å². The molecule has 0 aliphatic rings. The summed E-state index contributed by atoms with van der Waals surface area (Å²) in [5, 5.41) is 15.7. The van der Waals surface area contributed by atoms with Crippen molar-refractivity contribution in [3.8, 4) is 16.3 Å². The van der Waals surface area contributed by atoms with Crippen molar-refractivity contribution in [1.29, 1.82) is 0 Å². The van der Waals surface area contributed by atoms with Gasteiger partial charge in [0.25, 0.3) is 0 Å². The number of para-hydroxylation sites is 1. The van der Waals surface area contributed by atoms with Crippen LogP contribution < -0.4 is 0 Å². The smallest absolute Gasteiger partial charge is 0.123 e. The molecule has 0 fully saturated rings. The van der Waals surface area contributed by atoms with Gasteiger partial charge in [-0.1, -0.05) is 41.9 Å². The highest BCUT2D eigenvalue weighted by atomic mass is 35.5. The lowest BCUT2D eigenvalue weighted by atomic mass is 10.1. The van der Waals surface area contributed by atoms with E-state index in [0.29, 0.717) is 10.7 Å². The molecular weight excluding hydrogens is 419 g/mol. The van der Waals surface area contributed by atoms with Gasteiger partial charge in [-0.25, -0.2) is 9.07 Å². The van der Waals surface area contributed by atoms with Crippen LogP contribution in [-0.2, 0) is 5.60 Å². The summed E-state index contributed by atoms with van der Waals surface area (Å²) in [5.74, 6) is -0.249. The zero-order valence-corrected chi connectivity index (χ0v) is 18.1. The van der Waals surface area contributed by atoms with E-state index in [-0.39, 0.29) is 5.82 Å². The molecule has 0 amide bonds. The Morgan fingerprint density at radius 2 is 1.77 bits per heavy atom. The molecule has 0 aliphatic carbocycles. The van der Waals surface area contributed by atoms with Crippen LogP contribution in [0.15, 0.2) is 66.7 Å². The fourth-order valence-electron chi connectivity index (χ4n) is 3.00. The van der Waals surface area contributed by atoms with E-state index in [1.807, 2.05) is 54.6 Å². The van der Waals surface area contributed by atoms with E-state index in [2.05, 4.69) is 5.10 Å². The largest absolute Gasteiger partial charge is 0.384 e. The molecule has 0 saturated carbocycles. The number of hydrogen-bond acceptors (Lipinski definition) is 3. The van der Waals surface area contributed by atoms with Gasteiger partial charge in [0.15, 0.2) is 0 Å². The number of aliphatic hydroxyl groups is 1. The van der Waals surface area contributed by atoms with E-state index >= 15 is 0 Å². The Labute approximate surface area is 183 Å². The van der Waals surface area contributed by atoms with Gasteiger partial charge in [0.1, 0.15) is 11.4 Å². The number of benzene rings is 2. The van der Waals surface area contributed by atoms with E-state index in [1.54, 1.807) is 42.0 Å². The Bertz CT molecular complexity index is 1200. The summed E-state index contributed by atoms with van der Waals surface area (Å²) >= 11 is 8.02. The van der Waals surface area contributed by atoms with Crippen LogP contribution in [0.4, 0.5) is 4.39 Å². The molecule has 1 N–H and O–H groups in total. The van der Waals surface area contributed by atoms with Crippen molar-refractivity contribution in [3.63, 3.8) is 0 Å². The molecule has 30 heavy (non-hydrogen) atoms. The minimum Gasteiger partial charge on any atom is -0.384 e. The number of nitrogens with zero attached hydrogens (tertiary/aromatic N) is 2. The molecule has 4 rings (SSSR count). The van der Waals surface area contributed by atoms with E-state index in [9.17, 15) is 9.50 Å². The maximum atomic E-state index is 13.1. The SMILES string of the molecule is CC(C)(O)c1cc(-c2ccc(C=Cc3ccc(F)cc3)s2)n(-c2ccccc2Cl)n1. The highest BCUT2D eigenvalue weighted by Gasteiger charge is 2.24. The summed E-state index contributed by atoms with van der Waals surface area (Å²) in [6, 6.07) is 19.8. The Hall–Kier alpha value is -2.73. The van der Waals surface area contributed by atoms with Gasteiger partial charge < -0.3 is 5.11 Å². The molecule has 0 unspecified atom stereocenters. The molecule has 4 aromatic rings. The van der Waals surface area contributed by atoms with Gasteiger partial charge >= 0.3 is 0 Å². The van der Waals surface area contributed by atoms with E-state index < -0.39 is 5.60 Å². The fraction of sp³-hybridized carbons (Fsp3) is 0.125. The standard InChI is InChI=1S/C24H20ClFN2OS/c1-24(2,29)23-15-21(28(27-23)20-6-4-3-5-19(20)25)22-14-13-18(30-22)12-9-16-7-10-17(26)11-8-16/h3-15,29H,1-2H3. The van der Waals surface area contributed by atoms with Crippen molar-refractivity contribution >= 4 is 35.1 Å². The Kier molecular flexibility index (Phi) is 5.60. The first-order valence-corrected chi connectivity index (χ1v) is 10.6. The summed E-state index contributed by atoms with van der Waals surface area (Å²) in [7, 11) is 0. The third-order valence-corrected chi connectivity index (χ3v) is 6.00. The van der Waals surface area contributed by atoms with Crippen molar-refractivity contribution in [2.45, 2.75) is 19.4 Å². The summed E-state index contributed by atoms with van der Waals surface area (Å²) < 4.78 is 14.8. The average Bonchev–Trinajstić information content (AvgIpc) is 3.35. The van der Waals surface area contributed by atoms with Crippen molar-refractivity contribution in [2.24, 2.45) is 0 Å². The van der Waals surface area contributed by atoms with E-state index in [1.165, 1.54) is 12.1 Å². The van der Waals surface area contributed by atoms with Gasteiger partial charge in [0, 0.05) is 4.88 Å². The molecule has 0 saturated heterocycles. The summed E-state index contributed by atoms with van der Waals surface area (Å²) in [4.78, 5) is 2.04. The molecule has 0 aliphatic heterocycles. The zero-order valence-electron chi connectivity index (χ0n) is 16.5. The molecule has 0 radical (unpaired) electrons. The molecular formula is C24H20ClFN2OS. The molecule has 6 heteroatoms. The minimum atomic E-state index is -1.08. The Morgan fingerprint density at radius 1 is 1.03 bits per heavy atom. The van der Waals surface area contributed by atoms with Crippen LogP contribution in [0.5, 0.6) is 0 Å². The van der Waals surface area contributed by atoms with Gasteiger partial charge in [-0.05, 0) is 68.0 Å². The van der Waals surface area contributed by atoms with Crippen LogP contribution in [-0.4, -0.2) is 14.9 Å². The molecule has 2 aromatic carbocycles. The number of aromatic nitrogens is 2. The fourth-order valence-corrected chi connectivity index (χ4v) is 4.12. The van der Waals surface area contributed by atoms with Gasteiger partial charge in [-0.2, -0.15) is 5.10 Å². The quantitative estimate of drug-likeness (QED) is 0.372. The molecule has 0 bridgehead atoms. The van der Waals surface area contributed by atoms with Crippen molar-refractivity contribution < 1.29 is 9.50 Å². The van der Waals surface area contributed by atoms with Crippen LogP contribution in [0.25, 0.3) is 28.4 Å². The van der Waals surface area contributed by atoms with Gasteiger partial charge in [-0.3, -0.25) is 0 Å². The zero-order chi connectivity index (χ0) is 21.3. The summed E-state index contributed by atoms with van der Waals surface area (Å²) in [6.07, 6.45) is 3.94. The predicted octanol–water partition coefficient (Wildman–Crippen LogP) is 6.79. The Morgan fingerprint density at radius 3 is 2.47 bits per heavy atom. The predicted molar refractivity (Wildman–Crippen MR) is 122 cm³/mol. The molecule has 0 atom stereocenters. The highest BCUT2D eigenvalue weighted by molar-refractivity contribution is 7.16. The second-order valence-corrected chi connectivity index (χ2v) is 8.95. The average molecular weight is 439 g/mol.